The normalized spacial score (nSPS) is 14.6. The van der Waals surface area contributed by atoms with Crippen molar-refractivity contribution in [3.8, 4) is 0 Å². The molecular weight excluding hydrogens is 220 g/mol. The highest BCUT2D eigenvalue weighted by atomic mass is 15.2. The highest BCUT2D eigenvalue weighted by Crippen LogP contribution is 2.34. The summed E-state index contributed by atoms with van der Waals surface area (Å²) in [6, 6.07) is 7.28. The Hall–Kier alpha value is -1.18. The molecule has 0 saturated heterocycles. The van der Waals surface area contributed by atoms with Crippen LogP contribution in [0.15, 0.2) is 18.2 Å². The van der Waals surface area contributed by atoms with Crippen LogP contribution in [-0.2, 0) is 6.42 Å². The third-order valence-corrected chi connectivity index (χ3v) is 3.55. The lowest BCUT2D eigenvalue weighted by atomic mass is 10.0. The minimum absolute atomic E-state index is 0.544. The second-order valence-corrected chi connectivity index (χ2v) is 5.98. The van der Waals surface area contributed by atoms with Crippen LogP contribution in [0.4, 0.5) is 11.4 Å². The van der Waals surface area contributed by atoms with Gasteiger partial charge in [-0.1, -0.05) is 26.0 Å². The van der Waals surface area contributed by atoms with Crippen LogP contribution in [0.25, 0.3) is 0 Å². The summed E-state index contributed by atoms with van der Waals surface area (Å²) in [6.07, 6.45) is 2.46. The predicted molar refractivity (Wildman–Crippen MR) is 80.6 cm³/mol. The fourth-order valence-electron chi connectivity index (χ4n) is 2.71. The lowest BCUT2D eigenvalue weighted by Crippen LogP contribution is -2.35. The van der Waals surface area contributed by atoms with Crippen molar-refractivity contribution in [3.63, 3.8) is 0 Å². The zero-order valence-corrected chi connectivity index (χ0v) is 12.2. The smallest absolute Gasteiger partial charge is 0.0610 e. The summed E-state index contributed by atoms with van der Waals surface area (Å²) < 4.78 is 0. The van der Waals surface area contributed by atoms with Crippen molar-refractivity contribution >= 4 is 11.4 Å². The molecule has 1 aliphatic heterocycles. The maximum absolute atomic E-state index is 3.60. The lowest BCUT2D eigenvalue weighted by Gasteiger charge is -2.34. The summed E-state index contributed by atoms with van der Waals surface area (Å²) in [7, 11) is 0. The number of anilines is 2. The summed E-state index contributed by atoms with van der Waals surface area (Å²) in [5.41, 5.74) is 4.24. The van der Waals surface area contributed by atoms with Gasteiger partial charge < -0.3 is 10.2 Å². The van der Waals surface area contributed by atoms with E-state index in [4.69, 9.17) is 0 Å². The standard InChI is InChI=1S/C16H26N2/c1-12(2)11-18(13(3)4)15-9-5-7-14-8-6-10-17-16(14)15/h5,7,9,12-13,17H,6,8,10-11H2,1-4H3. The molecule has 1 N–H and O–H groups in total. The van der Waals surface area contributed by atoms with Crippen LogP contribution in [0, 0.1) is 5.92 Å². The van der Waals surface area contributed by atoms with E-state index >= 15 is 0 Å². The Balaban J connectivity index is 2.35. The van der Waals surface area contributed by atoms with Gasteiger partial charge in [0.05, 0.1) is 11.4 Å². The first kappa shape index (κ1) is 13.3. The van der Waals surface area contributed by atoms with Crippen LogP contribution < -0.4 is 10.2 Å². The van der Waals surface area contributed by atoms with Gasteiger partial charge >= 0.3 is 0 Å². The van der Waals surface area contributed by atoms with Crippen molar-refractivity contribution in [2.45, 2.75) is 46.6 Å². The fraction of sp³-hybridized carbons (Fsp3) is 0.625. The van der Waals surface area contributed by atoms with Gasteiger partial charge in [-0.3, -0.25) is 0 Å². The Labute approximate surface area is 111 Å². The van der Waals surface area contributed by atoms with Crippen LogP contribution in [0.5, 0.6) is 0 Å². The van der Waals surface area contributed by atoms with Gasteiger partial charge in [0, 0.05) is 19.1 Å². The zero-order valence-electron chi connectivity index (χ0n) is 12.2. The minimum atomic E-state index is 0.544. The molecule has 1 aliphatic rings. The maximum atomic E-state index is 3.60. The van der Waals surface area contributed by atoms with Crippen LogP contribution in [0.1, 0.15) is 39.7 Å². The first-order valence-corrected chi connectivity index (χ1v) is 7.22. The highest BCUT2D eigenvalue weighted by Gasteiger charge is 2.19. The molecule has 0 saturated carbocycles. The van der Waals surface area contributed by atoms with Gasteiger partial charge in [0.1, 0.15) is 0 Å². The van der Waals surface area contributed by atoms with Gasteiger partial charge in [0.25, 0.3) is 0 Å². The van der Waals surface area contributed by atoms with E-state index in [9.17, 15) is 0 Å². The van der Waals surface area contributed by atoms with E-state index in [1.807, 2.05) is 0 Å². The van der Waals surface area contributed by atoms with Crippen molar-refractivity contribution in [2.75, 3.05) is 23.3 Å². The third-order valence-electron chi connectivity index (χ3n) is 3.55. The van der Waals surface area contributed by atoms with Crippen molar-refractivity contribution in [3.05, 3.63) is 23.8 Å². The molecule has 2 heteroatoms. The van der Waals surface area contributed by atoms with Crippen LogP contribution >= 0.6 is 0 Å². The molecular formula is C16H26N2. The quantitative estimate of drug-likeness (QED) is 0.866. The summed E-state index contributed by atoms with van der Waals surface area (Å²) in [4.78, 5) is 2.53. The number of hydrogen-bond donors (Lipinski definition) is 1. The molecule has 2 nitrogen and oxygen atoms in total. The Morgan fingerprint density at radius 3 is 2.67 bits per heavy atom. The molecule has 0 fully saturated rings. The lowest BCUT2D eigenvalue weighted by molar-refractivity contribution is 0.571. The molecule has 1 aromatic rings. The number of nitrogens with zero attached hydrogens (tertiary/aromatic N) is 1. The molecule has 0 aliphatic carbocycles. The van der Waals surface area contributed by atoms with Crippen molar-refractivity contribution in [1.29, 1.82) is 0 Å². The first-order chi connectivity index (χ1) is 8.59. The fourth-order valence-corrected chi connectivity index (χ4v) is 2.71. The van der Waals surface area contributed by atoms with E-state index in [0.717, 1.165) is 13.1 Å². The van der Waals surface area contributed by atoms with E-state index in [1.54, 1.807) is 0 Å². The van der Waals surface area contributed by atoms with Crippen molar-refractivity contribution < 1.29 is 0 Å². The molecule has 0 amide bonds. The maximum Gasteiger partial charge on any atom is 0.0610 e. The number of rotatable bonds is 4. The van der Waals surface area contributed by atoms with E-state index in [-0.39, 0.29) is 0 Å². The topological polar surface area (TPSA) is 15.3 Å². The number of nitrogens with one attached hydrogen (secondary N) is 1. The molecule has 2 rings (SSSR count). The Morgan fingerprint density at radius 1 is 1.22 bits per heavy atom. The van der Waals surface area contributed by atoms with E-state index in [2.05, 4.69) is 56.1 Å². The first-order valence-electron chi connectivity index (χ1n) is 7.22. The van der Waals surface area contributed by atoms with Crippen LogP contribution in [0.2, 0.25) is 0 Å². The average molecular weight is 246 g/mol. The number of para-hydroxylation sites is 1. The molecule has 0 aromatic heterocycles. The van der Waals surface area contributed by atoms with Gasteiger partial charge in [-0.2, -0.15) is 0 Å². The SMILES string of the molecule is CC(C)CN(c1cccc2c1NCCC2)C(C)C. The summed E-state index contributed by atoms with van der Waals surface area (Å²) in [5, 5.41) is 3.60. The highest BCUT2D eigenvalue weighted by molar-refractivity contribution is 5.74. The molecule has 0 radical (unpaired) electrons. The molecule has 1 heterocycles. The van der Waals surface area contributed by atoms with Gasteiger partial charge in [0.2, 0.25) is 0 Å². The Bertz CT molecular complexity index is 396. The van der Waals surface area contributed by atoms with Crippen LogP contribution in [0.3, 0.4) is 0 Å². The summed E-state index contributed by atoms with van der Waals surface area (Å²) in [6.45, 7) is 11.4. The number of aryl methyl sites for hydroxylation is 1. The molecule has 0 unspecified atom stereocenters. The molecule has 100 valence electrons. The Kier molecular flexibility index (Phi) is 4.15. The summed E-state index contributed by atoms with van der Waals surface area (Å²) >= 11 is 0. The largest absolute Gasteiger partial charge is 0.383 e. The third kappa shape index (κ3) is 2.80. The predicted octanol–water partition coefficient (Wildman–Crippen LogP) is 3.92. The molecule has 1 aromatic carbocycles. The molecule has 0 atom stereocenters. The van der Waals surface area contributed by atoms with Crippen molar-refractivity contribution in [1.82, 2.24) is 0 Å². The summed E-state index contributed by atoms with van der Waals surface area (Å²) in [5.74, 6) is 0.687. The van der Waals surface area contributed by atoms with Gasteiger partial charge in [-0.05, 0) is 44.2 Å². The molecule has 0 spiro atoms. The van der Waals surface area contributed by atoms with Crippen LogP contribution in [-0.4, -0.2) is 19.1 Å². The number of fused-ring (bicyclic) bond motifs is 1. The zero-order chi connectivity index (χ0) is 13.1. The molecule has 18 heavy (non-hydrogen) atoms. The Morgan fingerprint density at radius 2 is 2.00 bits per heavy atom. The second kappa shape index (κ2) is 5.64. The van der Waals surface area contributed by atoms with E-state index < -0.39 is 0 Å². The number of benzene rings is 1. The second-order valence-electron chi connectivity index (χ2n) is 5.98. The minimum Gasteiger partial charge on any atom is -0.383 e. The van der Waals surface area contributed by atoms with Crippen molar-refractivity contribution in [2.24, 2.45) is 5.92 Å². The van der Waals surface area contributed by atoms with E-state index in [0.29, 0.717) is 12.0 Å². The number of hydrogen-bond acceptors (Lipinski definition) is 2. The molecule has 0 bridgehead atoms. The van der Waals surface area contributed by atoms with Gasteiger partial charge in [0.15, 0.2) is 0 Å². The van der Waals surface area contributed by atoms with Gasteiger partial charge in [-0.15, -0.1) is 0 Å². The monoisotopic (exact) mass is 246 g/mol. The average Bonchev–Trinajstić information content (AvgIpc) is 2.35. The van der Waals surface area contributed by atoms with Gasteiger partial charge in [-0.25, -0.2) is 0 Å². The van der Waals surface area contributed by atoms with E-state index in [1.165, 1.54) is 29.8 Å².